The van der Waals surface area contributed by atoms with Crippen LogP contribution in [0.3, 0.4) is 0 Å². The van der Waals surface area contributed by atoms with Gasteiger partial charge in [0.15, 0.2) is 0 Å². The molecule has 2 N–H and O–H groups in total. The largest absolute Gasteiger partial charge is 0.481 e. The van der Waals surface area contributed by atoms with Gasteiger partial charge < -0.3 is 10.2 Å². The Kier molecular flexibility index (Phi) is 6.55. The van der Waals surface area contributed by atoms with Crippen molar-refractivity contribution in [2.24, 2.45) is 0 Å². The molecule has 0 radical (unpaired) electrons. The lowest BCUT2D eigenvalue weighted by molar-refractivity contribution is -0.138. The summed E-state index contributed by atoms with van der Waals surface area (Å²) in [6, 6.07) is 16.1. The van der Waals surface area contributed by atoms with Crippen LogP contribution in [-0.4, -0.2) is 22.2 Å². The van der Waals surface area contributed by atoms with Gasteiger partial charge in [-0.1, -0.05) is 48.5 Å². The minimum Gasteiger partial charge on any atom is -0.481 e. The van der Waals surface area contributed by atoms with Crippen LogP contribution in [0.5, 0.6) is 0 Å². The van der Waals surface area contributed by atoms with E-state index in [4.69, 9.17) is 10.2 Å². The van der Waals surface area contributed by atoms with Gasteiger partial charge in [-0.15, -0.1) is 0 Å². The summed E-state index contributed by atoms with van der Waals surface area (Å²) < 4.78 is 0. The molecule has 0 atom stereocenters. The highest BCUT2D eigenvalue weighted by Gasteiger charge is 2.11. The van der Waals surface area contributed by atoms with Gasteiger partial charge in [0.2, 0.25) is 0 Å². The van der Waals surface area contributed by atoms with Gasteiger partial charge in [-0.3, -0.25) is 9.59 Å². The Morgan fingerprint density at radius 2 is 1.38 bits per heavy atom. The maximum Gasteiger partial charge on any atom is 0.303 e. The molecule has 2 rings (SSSR count). The number of benzene rings is 2. The Balaban J connectivity index is 2.27. The molecule has 0 amide bonds. The molecule has 0 unspecified atom stereocenters. The number of carbonyl (C=O) groups is 2. The summed E-state index contributed by atoms with van der Waals surface area (Å²) in [7, 11) is 0. The lowest BCUT2D eigenvalue weighted by atomic mass is 9.90. The van der Waals surface area contributed by atoms with E-state index in [1.54, 1.807) is 0 Å². The van der Waals surface area contributed by atoms with Crippen molar-refractivity contribution in [3.05, 3.63) is 59.7 Å². The topological polar surface area (TPSA) is 74.6 Å². The summed E-state index contributed by atoms with van der Waals surface area (Å²) in [6.07, 6.45) is 2.81. The number of hydrogen-bond donors (Lipinski definition) is 2. The minimum atomic E-state index is -0.792. The summed E-state index contributed by atoms with van der Waals surface area (Å²) in [6.45, 7) is 0. The van der Waals surface area contributed by atoms with Crippen molar-refractivity contribution in [3.63, 3.8) is 0 Å². The maximum atomic E-state index is 10.8. The fraction of sp³-hybridized carbons (Fsp3) is 0.300. The standard InChI is InChI=1S/C20H22O4/c21-19(22)13-5-10-16-9-4-11-17(15-7-2-1-3-8-15)18(16)12-6-14-20(23)24/h1-4,7-9,11H,5-6,10,12-14H2,(H,21,22)(H,23,24). The number of carboxylic acid groups (broad SMARTS) is 2. The van der Waals surface area contributed by atoms with Gasteiger partial charge in [0, 0.05) is 12.8 Å². The smallest absolute Gasteiger partial charge is 0.303 e. The quantitative estimate of drug-likeness (QED) is 0.725. The van der Waals surface area contributed by atoms with Crippen molar-refractivity contribution in [3.8, 4) is 11.1 Å². The summed E-state index contributed by atoms with van der Waals surface area (Å²) >= 11 is 0. The van der Waals surface area contributed by atoms with Crippen LogP contribution in [0.25, 0.3) is 11.1 Å². The van der Waals surface area contributed by atoms with E-state index in [0.717, 1.165) is 22.3 Å². The molecule has 2 aromatic carbocycles. The first kappa shape index (κ1) is 17.7. The lowest BCUT2D eigenvalue weighted by Crippen LogP contribution is -2.02. The van der Waals surface area contributed by atoms with E-state index in [0.29, 0.717) is 25.7 Å². The first-order valence-electron chi connectivity index (χ1n) is 8.17. The molecule has 0 saturated carbocycles. The molecule has 0 heterocycles. The van der Waals surface area contributed by atoms with Crippen molar-refractivity contribution in [2.45, 2.75) is 38.5 Å². The Morgan fingerprint density at radius 1 is 0.750 bits per heavy atom. The zero-order valence-corrected chi connectivity index (χ0v) is 13.6. The fourth-order valence-corrected chi connectivity index (χ4v) is 2.90. The minimum absolute atomic E-state index is 0.137. The van der Waals surface area contributed by atoms with Crippen LogP contribution in [0.1, 0.15) is 36.8 Å². The second kappa shape index (κ2) is 8.87. The molecule has 0 aliphatic rings. The van der Waals surface area contributed by atoms with Crippen LogP contribution < -0.4 is 0 Å². The number of rotatable bonds is 9. The second-order valence-corrected chi connectivity index (χ2v) is 5.80. The van der Waals surface area contributed by atoms with Crippen LogP contribution in [0.2, 0.25) is 0 Å². The molecule has 2 aromatic rings. The maximum absolute atomic E-state index is 10.8. The highest BCUT2D eigenvalue weighted by molar-refractivity contribution is 5.70. The molecular formula is C20H22O4. The summed E-state index contributed by atoms with van der Waals surface area (Å²) in [4.78, 5) is 21.6. The molecule has 0 fully saturated rings. The third kappa shape index (κ3) is 5.23. The van der Waals surface area contributed by atoms with Gasteiger partial charge in [-0.25, -0.2) is 0 Å². The average Bonchev–Trinajstić information content (AvgIpc) is 2.56. The summed E-state index contributed by atoms with van der Waals surface area (Å²) in [5.74, 6) is -1.58. The molecule has 4 heteroatoms. The fourth-order valence-electron chi connectivity index (χ4n) is 2.90. The highest BCUT2D eigenvalue weighted by atomic mass is 16.4. The van der Waals surface area contributed by atoms with Gasteiger partial charge >= 0.3 is 11.9 Å². The predicted octanol–water partition coefficient (Wildman–Crippen LogP) is 4.17. The van der Waals surface area contributed by atoms with Crippen molar-refractivity contribution in [1.82, 2.24) is 0 Å². The summed E-state index contributed by atoms with van der Waals surface area (Å²) in [5.41, 5.74) is 4.45. The first-order chi connectivity index (χ1) is 11.6. The Bertz CT molecular complexity index is 692. The molecule has 0 spiro atoms. The molecule has 0 aliphatic carbocycles. The van der Waals surface area contributed by atoms with E-state index in [-0.39, 0.29) is 12.8 Å². The predicted molar refractivity (Wildman–Crippen MR) is 93.0 cm³/mol. The zero-order chi connectivity index (χ0) is 17.4. The molecule has 0 aliphatic heterocycles. The van der Waals surface area contributed by atoms with E-state index in [1.807, 2.05) is 48.5 Å². The number of aryl methyl sites for hydroxylation is 1. The van der Waals surface area contributed by atoms with E-state index < -0.39 is 11.9 Å². The van der Waals surface area contributed by atoms with Gasteiger partial charge in [-0.2, -0.15) is 0 Å². The average molecular weight is 326 g/mol. The summed E-state index contributed by atoms with van der Waals surface area (Å²) in [5, 5.41) is 17.7. The van der Waals surface area contributed by atoms with Gasteiger partial charge in [0.25, 0.3) is 0 Å². The molecule has 0 bridgehead atoms. The molecule has 0 saturated heterocycles. The number of carboxylic acids is 2. The van der Waals surface area contributed by atoms with E-state index in [1.165, 1.54) is 0 Å². The Hall–Kier alpha value is -2.62. The monoisotopic (exact) mass is 326 g/mol. The van der Waals surface area contributed by atoms with Crippen LogP contribution in [0.4, 0.5) is 0 Å². The van der Waals surface area contributed by atoms with E-state index >= 15 is 0 Å². The van der Waals surface area contributed by atoms with Gasteiger partial charge in [-0.05, 0) is 47.9 Å². The molecule has 24 heavy (non-hydrogen) atoms. The zero-order valence-electron chi connectivity index (χ0n) is 13.6. The van der Waals surface area contributed by atoms with E-state index in [2.05, 4.69) is 0 Å². The molecular weight excluding hydrogens is 304 g/mol. The van der Waals surface area contributed by atoms with Crippen molar-refractivity contribution >= 4 is 11.9 Å². The van der Waals surface area contributed by atoms with Gasteiger partial charge in [0.1, 0.15) is 0 Å². The molecule has 0 aromatic heterocycles. The third-order valence-corrected chi connectivity index (χ3v) is 4.01. The van der Waals surface area contributed by atoms with E-state index in [9.17, 15) is 9.59 Å². The van der Waals surface area contributed by atoms with Gasteiger partial charge in [0.05, 0.1) is 0 Å². The van der Waals surface area contributed by atoms with Crippen LogP contribution in [0, 0.1) is 0 Å². The Morgan fingerprint density at radius 3 is 2.00 bits per heavy atom. The van der Waals surface area contributed by atoms with Crippen LogP contribution in [-0.2, 0) is 22.4 Å². The third-order valence-electron chi connectivity index (χ3n) is 4.01. The second-order valence-electron chi connectivity index (χ2n) is 5.80. The molecule has 126 valence electrons. The number of hydrogen-bond acceptors (Lipinski definition) is 2. The van der Waals surface area contributed by atoms with Crippen molar-refractivity contribution in [1.29, 1.82) is 0 Å². The van der Waals surface area contributed by atoms with Crippen LogP contribution >= 0.6 is 0 Å². The number of aliphatic carboxylic acids is 2. The van der Waals surface area contributed by atoms with Crippen molar-refractivity contribution < 1.29 is 19.8 Å². The lowest BCUT2D eigenvalue weighted by Gasteiger charge is -2.15. The van der Waals surface area contributed by atoms with Crippen molar-refractivity contribution in [2.75, 3.05) is 0 Å². The van der Waals surface area contributed by atoms with Crippen LogP contribution in [0.15, 0.2) is 48.5 Å². The highest BCUT2D eigenvalue weighted by Crippen LogP contribution is 2.28. The first-order valence-corrected chi connectivity index (χ1v) is 8.17. The SMILES string of the molecule is O=C(O)CCCc1cccc(-c2ccccc2)c1CCCC(=O)O. The normalized spacial score (nSPS) is 10.5. The molecule has 4 nitrogen and oxygen atoms in total. The Labute approximate surface area is 141 Å².